The van der Waals surface area contributed by atoms with E-state index in [0.29, 0.717) is 65.3 Å². The van der Waals surface area contributed by atoms with Crippen LogP contribution in [-0.4, -0.2) is 109 Å². The number of hydrogen-bond acceptors (Lipinski definition) is 11. The lowest BCUT2D eigenvalue weighted by Gasteiger charge is -2.51. The third-order valence-corrected chi connectivity index (χ3v) is 16.4. The van der Waals surface area contributed by atoms with Gasteiger partial charge in [0.15, 0.2) is 17.3 Å². The molecule has 70 heavy (non-hydrogen) atoms. The number of nitrogens with one attached hydrogen (secondary N) is 1. The van der Waals surface area contributed by atoms with E-state index in [-0.39, 0.29) is 41.0 Å². The highest BCUT2D eigenvalue weighted by atomic mass is 35.5. The van der Waals surface area contributed by atoms with Crippen molar-refractivity contribution in [2.24, 2.45) is 12.5 Å². The molecule has 0 radical (unpaired) electrons. The second-order valence-corrected chi connectivity index (χ2v) is 20.9. The lowest BCUT2D eigenvalue weighted by atomic mass is 9.64. The first-order valence-corrected chi connectivity index (χ1v) is 25.4. The van der Waals surface area contributed by atoms with Crippen molar-refractivity contribution < 1.29 is 23.1 Å². The number of alkyl halides is 2. The molecule has 1 spiro atoms. The summed E-state index contributed by atoms with van der Waals surface area (Å²) in [6.07, 6.45) is 11.7. The Bertz CT molecular complexity index is 2820. The van der Waals surface area contributed by atoms with Crippen LogP contribution in [0.4, 0.5) is 26.1 Å². The fourth-order valence-corrected chi connectivity index (χ4v) is 12.5. The summed E-state index contributed by atoms with van der Waals surface area (Å²) in [7, 11) is 1.79. The molecule has 3 aromatic heterocycles. The molecule has 7 heterocycles. The number of amides is 2. The maximum absolute atomic E-state index is 14.8. The van der Waals surface area contributed by atoms with Crippen molar-refractivity contribution in [2.75, 3.05) is 49.1 Å². The van der Waals surface area contributed by atoms with Crippen LogP contribution >= 0.6 is 11.6 Å². The molecule has 4 aliphatic heterocycles. The van der Waals surface area contributed by atoms with E-state index in [1.165, 1.54) is 5.69 Å². The lowest BCUT2D eigenvalue weighted by molar-refractivity contribution is -0.129. The number of likely N-dealkylation sites (tertiary alicyclic amines) is 1. The number of carbonyl (C=O) groups is 2. The number of nitrogens with zero attached hydrogens (tertiary/aromatic N) is 11. The van der Waals surface area contributed by atoms with Gasteiger partial charge >= 0.3 is 0 Å². The molecule has 366 valence electrons. The molecule has 6 aliphatic rings. The van der Waals surface area contributed by atoms with Gasteiger partial charge in [-0.2, -0.15) is 15.5 Å². The second kappa shape index (κ2) is 18.9. The Morgan fingerprint density at radius 2 is 1.77 bits per heavy atom. The number of anilines is 3. The van der Waals surface area contributed by atoms with Crippen molar-refractivity contribution in [3.63, 3.8) is 0 Å². The first-order valence-electron chi connectivity index (χ1n) is 25.0. The van der Waals surface area contributed by atoms with Crippen LogP contribution in [0.15, 0.2) is 54.9 Å². The Balaban J connectivity index is 0.693. The minimum Gasteiger partial charge on any atom is -0.490 e. The monoisotopic (exact) mass is 972 g/mol. The quantitative estimate of drug-likeness (QED) is 0.144. The van der Waals surface area contributed by atoms with Gasteiger partial charge in [-0.3, -0.25) is 19.0 Å². The van der Waals surface area contributed by atoms with Crippen LogP contribution in [-0.2, 0) is 31.2 Å². The van der Waals surface area contributed by atoms with Crippen molar-refractivity contribution in [1.82, 2.24) is 44.9 Å². The lowest BCUT2D eigenvalue weighted by Crippen LogP contribution is -2.54. The average molecular weight is 974 g/mol. The van der Waals surface area contributed by atoms with Gasteiger partial charge in [-0.1, -0.05) is 11.6 Å². The zero-order valence-electron chi connectivity index (χ0n) is 39.8. The normalized spacial score (nSPS) is 23.8. The molecule has 2 aromatic carbocycles. The van der Waals surface area contributed by atoms with Crippen molar-refractivity contribution in [3.8, 4) is 22.9 Å². The summed E-state index contributed by atoms with van der Waals surface area (Å²) in [5.74, 6) is 2.06. The zero-order valence-corrected chi connectivity index (χ0v) is 40.6. The standard InChI is InChI=1S/C52H59ClF2N12O3/c1-32(68)64-20-15-46-43(30-64)50(66-17-3-4-33-22-41(35-28-57-62(2)29-35)42(49(54)55)24-47(33)66)61-67(46)37-13-18-63(19-14-37)38-25-52(26-38)16-21-65(31-52)48-12-11-45(59-60-48)51(69)58-36-6-9-39(10-7-36)70-40-8-5-34(27-56)44(53)23-40/h5,8,11-12,22-24,28-29,36-39,49H,3-4,6-7,9-10,13-21,25-26,30-31H2,1-2H3,(H,58,69). The van der Waals surface area contributed by atoms with Crippen molar-refractivity contribution >= 4 is 40.7 Å². The average Bonchev–Trinajstić information content (AvgIpc) is 4.11. The molecule has 1 N–H and O–H groups in total. The van der Waals surface area contributed by atoms with Crippen LogP contribution in [0.5, 0.6) is 5.75 Å². The maximum atomic E-state index is 14.8. The molecular formula is C52H59ClF2N12O3. The van der Waals surface area contributed by atoms with E-state index in [1.54, 1.807) is 61.4 Å². The van der Waals surface area contributed by atoms with Gasteiger partial charge in [0.25, 0.3) is 12.3 Å². The third kappa shape index (κ3) is 8.97. The van der Waals surface area contributed by atoms with Crippen LogP contribution in [0.3, 0.4) is 0 Å². The third-order valence-electron chi connectivity index (χ3n) is 16.1. The van der Waals surface area contributed by atoms with Crippen molar-refractivity contribution in [3.05, 3.63) is 93.5 Å². The summed E-state index contributed by atoms with van der Waals surface area (Å²) in [6, 6.07) is 15.3. The fraction of sp³-hybridized carbons (Fsp3) is 0.519. The summed E-state index contributed by atoms with van der Waals surface area (Å²) in [5, 5.41) is 31.2. The van der Waals surface area contributed by atoms with Crippen molar-refractivity contribution in [2.45, 2.75) is 121 Å². The van der Waals surface area contributed by atoms with E-state index in [1.807, 2.05) is 17.0 Å². The number of piperidine rings is 1. The van der Waals surface area contributed by atoms with E-state index >= 15 is 0 Å². The topological polar surface area (TPSA) is 154 Å². The molecule has 4 fully saturated rings. The number of carbonyl (C=O) groups excluding carboxylic acids is 2. The van der Waals surface area contributed by atoms with Crippen molar-refractivity contribution in [1.29, 1.82) is 5.26 Å². The molecule has 2 saturated carbocycles. The molecule has 2 aliphatic carbocycles. The SMILES string of the molecule is CC(=O)N1CCc2c(c(N3CCCc4cc(-c5cnn(C)c5)c(C(F)F)cc43)nn2C2CCN(C3CC4(CCN(c5ccc(C(=O)NC6CCC(Oc7ccc(C#N)c(Cl)c7)CC6)nn5)C4)C3)CC2)C1. The van der Waals surface area contributed by atoms with Crippen LogP contribution in [0, 0.1) is 16.7 Å². The minimum atomic E-state index is -2.66. The number of fused-ring (bicyclic) bond motifs is 2. The molecule has 5 aromatic rings. The predicted molar refractivity (Wildman–Crippen MR) is 260 cm³/mol. The summed E-state index contributed by atoms with van der Waals surface area (Å²) in [6.45, 7) is 7.20. The first-order chi connectivity index (χ1) is 33.9. The smallest absolute Gasteiger partial charge is 0.272 e. The summed E-state index contributed by atoms with van der Waals surface area (Å²) >= 11 is 6.18. The summed E-state index contributed by atoms with van der Waals surface area (Å²) in [5.41, 5.74) is 6.17. The Morgan fingerprint density at radius 1 is 0.957 bits per heavy atom. The number of hydrogen-bond donors (Lipinski definition) is 1. The Hall–Kier alpha value is -6.12. The highest BCUT2D eigenvalue weighted by Crippen LogP contribution is 2.52. The Kier molecular flexibility index (Phi) is 12.5. The van der Waals surface area contributed by atoms with E-state index in [4.69, 9.17) is 26.7 Å². The number of aromatic nitrogens is 6. The van der Waals surface area contributed by atoms with Crippen LogP contribution in [0.25, 0.3) is 11.1 Å². The number of halogens is 3. The molecular weight excluding hydrogens is 914 g/mol. The van der Waals surface area contributed by atoms with Gasteiger partial charge in [0, 0.05) is 112 Å². The van der Waals surface area contributed by atoms with Gasteiger partial charge in [-0.15, -0.1) is 10.2 Å². The molecule has 0 unspecified atom stereocenters. The maximum Gasteiger partial charge on any atom is 0.272 e. The van der Waals surface area contributed by atoms with E-state index < -0.39 is 6.43 Å². The zero-order chi connectivity index (χ0) is 48.3. The second-order valence-electron chi connectivity index (χ2n) is 20.5. The van der Waals surface area contributed by atoms with E-state index in [9.17, 15) is 18.4 Å². The molecule has 15 nitrogen and oxygen atoms in total. The highest BCUT2D eigenvalue weighted by Gasteiger charge is 2.51. The van der Waals surface area contributed by atoms with Crippen LogP contribution in [0.1, 0.15) is 122 Å². The Morgan fingerprint density at radius 3 is 2.47 bits per heavy atom. The van der Waals surface area contributed by atoms with E-state index in [2.05, 4.69) is 46.1 Å². The molecule has 0 bridgehead atoms. The first kappa shape index (κ1) is 46.3. The highest BCUT2D eigenvalue weighted by molar-refractivity contribution is 6.31. The van der Waals surface area contributed by atoms with Gasteiger partial charge < -0.3 is 29.7 Å². The molecule has 0 atom stereocenters. The minimum absolute atomic E-state index is 0.0100. The number of aryl methyl sites for hydroxylation is 2. The number of nitriles is 1. The van der Waals surface area contributed by atoms with Gasteiger partial charge in [0.05, 0.1) is 35.5 Å². The predicted octanol–water partition coefficient (Wildman–Crippen LogP) is 8.34. The molecule has 2 amide bonds. The number of ether oxygens (including phenoxy) is 1. The number of benzene rings is 2. The Labute approximate surface area is 411 Å². The van der Waals surface area contributed by atoms with Gasteiger partial charge in [-0.25, -0.2) is 8.78 Å². The fourth-order valence-electron chi connectivity index (χ4n) is 12.3. The summed E-state index contributed by atoms with van der Waals surface area (Å²) < 4.78 is 39.6. The molecule has 18 heteroatoms. The summed E-state index contributed by atoms with van der Waals surface area (Å²) in [4.78, 5) is 34.9. The largest absolute Gasteiger partial charge is 0.490 e. The van der Waals surface area contributed by atoms with Crippen LogP contribution < -0.4 is 19.9 Å². The van der Waals surface area contributed by atoms with Gasteiger partial charge in [0.2, 0.25) is 5.91 Å². The van der Waals surface area contributed by atoms with E-state index in [0.717, 1.165) is 125 Å². The van der Waals surface area contributed by atoms with Gasteiger partial charge in [-0.05, 0) is 124 Å². The number of rotatable bonds is 10. The van der Waals surface area contributed by atoms with Gasteiger partial charge in [0.1, 0.15) is 11.8 Å². The molecule has 11 rings (SSSR count). The molecule has 2 saturated heterocycles. The van der Waals surface area contributed by atoms with Crippen LogP contribution in [0.2, 0.25) is 5.02 Å².